The minimum atomic E-state index is -1.62. The van der Waals surface area contributed by atoms with Crippen molar-refractivity contribution in [2.24, 2.45) is 5.92 Å². The van der Waals surface area contributed by atoms with E-state index in [0.717, 1.165) is 94.3 Å². The van der Waals surface area contributed by atoms with Crippen LogP contribution in [0.15, 0.2) is 194 Å². The number of rotatable bonds is 25. The number of hydrogen-bond donors (Lipinski definition) is 1. The summed E-state index contributed by atoms with van der Waals surface area (Å²) >= 11 is 1.54. The van der Waals surface area contributed by atoms with Crippen molar-refractivity contribution in [2.75, 3.05) is 38.9 Å². The van der Waals surface area contributed by atoms with E-state index in [9.17, 15) is 5.11 Å². The molecule has 0 aliphatic heterocycles. The minimum absolute atomic E-state index is 0.139. The number of ether oxygens (including phenoxy) is 2. The van der Waals surface area contributed by atoms with Crippen LogP contribution in [0.4, 0.5) is 0 Å². The molecule has 11 heteroatoms. The lowest BCUT2D eigenvalue weighted by Crippen LogP contribution is -2.12. The average molecular weight is 985 g/mol. The van der Waals surface area contributed by atoms with Crippen LogP contribution in [0.25, 0.3) is 27.8 Å². The quantitative estimate of drug-likeness (QED) is 0.0202. The van der Waals surface area contributed by atoms with Crippen molar-refractivity contribution in [1.29, 1.82) is 0 Å². The van der Waals surface area contributed by atoms with Gasteiger partial charge in [-0.3, -0.25) is 0 Å². The Morgan fingerprint density at radius 3 is 1.80 bits per heavy atom. The molecule has 3 atom stereocenters. The highest BCUT2D eigenvalue weighted by Crippen LogP contribution is 2.53. The number of para-hydroxylation sites is 4. The molecule has 0 radical (unpaired) electrons. The molecule has 7 rings (SSSR count). The third-order valence-corrected chi connectivity index (χ3v) is 14.9. The zero-order chi connectivity index (χ0) is 48.3. The molecule has 69 heavy (non-hydrogen) atoms. The predicted octanol–water partition coefficient (Wildman–Crippen LogP) is 16.7. The molecule has 2 aliphatic carbocycles. The van der Waals surface area contributed by atoms with Crippen LogP contribution in [0.2, 0.25) is 0 Å². The zero-order valence-corrected chi connectivity index (χ0v) is 42.9. The summed E-state index contributed by atoms with van der Waals surface area (Å²) in [4.78, 5) is 0. The highest BCUT2D eigenvalue weighted by Gasteiger charge is 2.29. The molecule has 0 saturated heterocycles. The summed E-state index contributed by atoms with van der Waals surface area (Å²) in [7, 11) is 0.209. The Bertz CT molecular complexity index is 2500. The normalized spacial score (nSPS) is 15.2. The Morgan fingerprint density at radius 2 is 1.22 bits per heavy atom. The SMILES string of the molecule is CC/C=C\C=C/OP(CCP(OC1=C(c2ccccc2)[C@@H](CCCO)CC=C1)Oc1ccccc1-c1ccccc1OC)Oc1ccccc1-c1ccccc1OC.CCCSOC1=CCCC=C1. The first-order valence-corrected chi connectivity index (χ1v) is 27.5. The minimum Gasteiger partial charge on any atom is -0.496 e. The molecule has 0 amide bonds. The summed E-state index contributed by atoms with van der Waals surface area (Å²) < 4.78 is 44.3. The third-order valence-electron chi connectivity index (χ3n) is 10.9. The fourth-order valence-electron chi connectivity index (χ4n) is 7.62. The number of aliphatic hydroxyl groups excluding tert-OH is 1. The molecule has 0 fully saturated rings. The molecule has 2 unspecified atom stereocenters. The van der Waals surface area contributed by atoms with Gasteiger partial charge in [-0.15, -0.1) is 0 Å². The summed E-state index contributed by atoms with van der Waals surface area (Å²) in [6.07, 6.45) is 26.0. The van der Waals surface area contributed by atoms with E-state index in [1.165, 1.54) is 6.42 Å². The first-order chi connectivity index (χ1) is 34.1. The lowest BCUT2D eigenvalue weighted by molar-refractivity contribution is 0.277. The van der Waals surface area contributed by atoms with Crippen molar-refractivity contribution in [3.63, 3.8) is 0 Å². The van der Waals surface area contributed by atoms with Gasteiger partial charge in [0.25, 0.3) is 16.8 Å². The summed E-state index contributed by atoms with van der Waals surface area (Å²) in [5.74, 6) is 5.95. The van der Waals surface area contributed by atoms with Gasteiger partial charge in [-0.25, -0.2) is 0 Å². The van der Waals surface area contributed by atoms with E-state index in [0.29, 0.717) is 30.2 Å². The van der Waals surface area contributed by atoms with Gasteiger partial charge in [0, 0.05) is 40.2 Å². The van der Waals surface area contributed by atoms with Crippen LogP contribution in [0.3, 0.4) is 0 Å². The average Bonchev–Trinajstić information content (AvgIpc) is 3.40. The van der Waals surface area contributed by atoms with E-state index in [4.69, 9.17) is 31.8 Å². The van der Waals surface area contributed by atoms with Crippen LogP contribution >= 0.6 is 28.8 Å². The Hall–Kier alpha value is -5.69. The molecule has 1 N–H and O–H groups in total. The molecule has 0 bridgehead atoms. The molecule has 0 saturated carbocycles. The van der Waals surface area contributed by atoms with Crippen LogP contribution in [0.1, 0.15) is 64.4 Å². The first kappa shape index (κ1) is 52.7. The van der Waals surface area contributed by atoms with Crippen LogP contribution in [-0.4, -0.2) is 44.0 Å². The second-order valence-corrected chi connectivity index (χ2v) is 19.7. The number of methoxy groups -OCH3 is 2. The number of hydrogen-bond acceptors (Lipinski definition) is 9. The maximum atomic E-state index is 9.80. The zero-order valence-electron chi connectivity index (χ0n) is 40.3. The molecule has 0 heterocycles. The second kappa shape index (κ2) is 30.0. The summed E-state index contributed by atoms with van der Waals surface area (Å²) in [6, 6.07) is 42.2. The Morgan fingerprint density at radius 1 is 0.638 bits per heavy atom. The van der Waals surface area contributed by atoms with Crippen molar-refractivity contribution < 1.29 is 36.9 Å². The van der Waals surface area contributed by atoms with Gasteiger partial charge in [0.1, 0.15) is 34.5 Å². The maximum absolute atomic E-state index is 9.80. The molecule has 0 spiro atoms. The molecule has 5 aromatic rings. The number of aliphatic hydroxyl groups is 1. The van der Waals surface area contributed by atoms with Crippen LogP contribution in [0, 0.1) is 5.92 Å². The van der Waals surface area contributed by atoms with Crippen LogP contribution in [-0.2, 0) is 13.2 Å². The predicted molar refractivity (Wildman–Crippen MR) is 290 cm³/mol. The van der Waals surface area contributed by atoms with E-state index < -0.39 is 16.8 Å². The van der Waals surface area contributed by atoms with Crippen molar-refractivity contribution in [1.82, 2.24) is 0 Å². The monoisotopic (exact) mass is 984 g/mol. The largest absolute Gasteiger partial charge is 0.496 e. The molecule has 362 valence electrons. The lowest BCUT2D eigenvalue weighted by Gasteiger charge is -2.29. The van der Waals surface area contributed by atoms with Crippen molar-refractivity contribution in [2.45, 2.75) is 58.8 Å². The fourth-order valence-corrected chi connectivity index (χ4v) is 11.2. The smallest absolute Gasteiger partial charge is 0.290 e. The van der Waals surface area contributed by atoms with Crippen molar-refractivity contribution in [3.05, 3.63) is 199 Å². The highest BCUT2D eigenvalue weighted by atomic mass is 32.2. The summed E-state index contributed by atoms with van der Waals surface area (Å²) in [6.45, 7) is 4.39. The topological polar surface area (TPSA) is 84.8 Å². The van der Waals surface area contributed by atoms with Crippen LogP contribution in [0.5, 0.6) is 23.0 Å². The van der Waals surface area contributed by atoms with Gasteiger partial charge >= 0.3 is 0 Å². The van der Waals surface area contributed by atoms with Gasteiger partial charge in [0.2, 0.25) is 0 Å². The van der Waals surface area contributed by atoms with Gasteiger partial charge < -0.3 is 36.9 Å². The maximum Gasteiger partial charge on any atom is 0.290 e. The Kier molecular flexibility index (Phi) is 22.9. The fraction of sp³-hybridized carbons (Fsp3) is 0.276. The van der Waals surface area contributed by atoms with E-state index >= 15 is 0 Å². The summed E-state index contributed by atoms with van der Waals surface area (Å²) in [5.41, 5.74) is 5.88. The molecular formula is C58H66O8P2S. The van der Waals surface area contributed by atoms with Gasteiger partial charge in [-0.05, 0) is 105 Å². The van der Waals surface area contributed by atoms with Gasteiger partial charge in [-0.1, -0.05) is 141 Å². The van der Waals surface area contributed by atoms with E-state index in [1.54, 1.807) is 32.5 Å². The summed E-state index contributed by atoms with van der Waals surface area (Å²) in [5, 5.41) is 9.80. The molecule has 5 aromatic carbocycles. The first-order valence-electron chi connectivity index (χ1n) is 23.8. The Balaban J connectivity index is 0.000000626. The Labute approximate surface area is 417 Å². The van der Waals surface area contributed by atoms with E-state index in [1.807, 2.05) is 121 Å². The van der Waals surface area contributed by atoms with E-state index in [2.05, 4.69) is 68.5 Å². The van der Waals surface area contributed by atoms with Crippen molar-refractivity contribution in [3.8, 4) is 45.3 Å². The van der Waals surface area contributed by atoms with Gasteiger partial charge in [0.05, 0.1) is 44.8 Å². The molecule has 8 nitrogen and oxygen atoms in total. The third kappa shape index (κ3) is 16.5. The second-order valence-electron chi connectivity index (χ2n) is 15.9. The molecule has 0 aromatic heterocycles. The number of benzene rings is 5. The molecule has 2 aliphatic rings. The number of allylic oxidation sites excluding steroid dienone is 9. The van der Waals surface area contributed by atoms with E-state index in [-0.39, 0.29) is 12.5 Å². The van der Waals surface area contributed by atoms with Gasteiger partial charge in [-0.2, -0.15) is 0 Å². The standard InChI is InChI=1S/C49H52O7P2.C9H14OS/c1-4-5-6-18-35-53-57(54-46-31-16-12-27-42(46)40-25-10-14-29-44(40)51-2)36-37-58(55-47-32-17-13-28-43(47)41-26-11-15-30-45(41)52-3)56-48-33-19-23-39(24-20-34-50)49(48)38-21-8-7-9-22-38;1-2-8-11-10-9-6-4-3-5-7-9/h5-19,21-22,25-33,35,39,50H,4,20,23-24,34,36-37H2,1-3H3;4,6-7H,2-3,5,8H2,1H3/b6-5-,35-18-;/t39-,57?,58?;/m1./s1. The lowest BCUT2D eigenvalue weighted by atomic mass is 9.83. The van der Waals surface area contributed by atoms with Crippen molar-refractivity contribution >= 4 is 34.4 Å². The highest BCUT2D eigenvalue weighted by molar-refractivity contribution is 7.94. The molecular weight excluding hydrogens is 919 g/mol. The van der Waals surface area contributed by atoms with Crippen LogP contribution < -0.4 is 18.5 Å². The van der Waals surface area contributed by atoms with Gasteiger partial charge in [0.15, 0.2) is 0 Å².